The van der Waals surface area contributed by atoms with Crippen molar-refractivity contribution in [1.29, 1.82) is 5.26 Å². The van der Waals surface area contributed by atoms with Crippen LogP contribution in [0.15, 0.2) is 16.6 Å². The highest BCUT2D eigenvalue weighted by atomic mass is 79.9. The third-order valence-electron chi connectivity index (χ3n) is 4.66. The molecule has 1 N–H and O–H groups in total. The van der Waals surface area contributed by atoms with Crippen LogP contribution in [0.1, 0.15) is 48.0 Å². The van der Waals surface area contributed by atoms with Gasteiger partial charge in [0.05, 0.1) is 10.5 Å². The monoisotopic (exact) mass is 408 g/mol. The topological polar surface area (TPSA) is 90.6 Å². The summed E-state index contributed by atoms with van der Waals surface area (Å²) in [5.41, 5.74) is -0.0586. The largest absolute Gasteiger partial charge is 0.506 e. The molecule has 1 aliphatic carbocycles. The number of phenols is 1. The quantitative estimate of drug-likeness (QED) is 0.771. The Morgan fingerprint density at radius 1 is 1.36 bits per heavy atom. The first-order valence-electron chi connectivity index (χ1n) is 8.15. The van der Waals surface area contributed by atoms with Crippen LogP contribution in [-0.2, 0) is 9.53 Å². The molecule has 25 heavy (non-hydrogen) atoms. The van der Waals surface area contributed by atoms with E-state index >= 15 is 0 Å². The van der Waals surface area contributed by atoms with Crippen LogP contribution in [0, 0.1) is 18.3 Å². The lowest BCUT2D eigenvalue weighted by atomic mass is 9.81. The molecule has 0 aromatic heterocycles. The Balaban J connectivity index is 2.04. The fraction of sp³-hybridized carbons (Fsp3) is 0.500. The Morgan fingerprint density at radius 2 is 2.00 bits per heavy atom. The van der Waals surface area contributed by atoms with Crippen molar-refractivity contribution < 1.29 is 19.4 Å². The molecule has 0 aliphatic heterocycles. The zero-order chi connectivity index (χ0) is 18.6. The summed E-state index contributed by atoms with van der Waals surface area (Å²) in [5, 5.41) is 19.5. The number of carbonyl (C=O) groups excluding carboxylic acids is 2. The number of nitriles is 1. The summed E-state index contributed by atoms with van der Waals surface area (Å²) in [7, 11) is 1.57. The molecule has 6 nitrogen and oxygen atoms in total. The SMILES string of the molecule is Cc1cc(Br)c(O)c(C(=O)OCC(=O)N(C)C2(C#N)CCCCC2)c1. The number of phenolic OH excluding ortho intramolecular Hbond substituents is 1. The standard InChI is InChI=1S/C18H21BrN2O4/c1-12-8-13(16(23)14(19)9-12)17(24)25-10-15(22)21(2)18(11-20)6-4-3-5-7-18/h8-9,23H,3-7,10H2,1-2H3. The molecule has 1 amide bonds. The minimum Gasteiger partial charge on any atom is -0.506 e. The predicted octanol–water partition coefficient (Wildman–Crippen LogP) is 3.30. The van der Waals surface area contributed by atoms with Gasteiger partial charge in [-0.15, -0.1) is 0 Å². The lowest BCUT2D eigenvalue weighted by Crippen LogP contribution is -2.51. The number of nitrogens with zero attached hydrogens (tertiary/aromatic N) is 2. The fourth-order valence-corrected chi connectivity index (χ4v) is 3.66. The van der Waals surface area contributed by atoms with E-state index in [2.05, 4.69) is 22.0 Å². The Kier molecular flexibility index (Phi) is 6.07. The van der Waals surface area contributed by atoms with Gasteiger partial charge in [0, 0.05) is 7.05 Å². The average Bonchev–Trinajstić information content (AvgIpc) is 2.62. The van der Waals surface area contributed by atoms with Crippen molar-refractivity contribution in [2.45, 2.75) is 44.6 Å². The molecule has 2 rings (SSSR count). The van der Waals surface area contributed by atoms with E-state index in [1.165, 1.54) is 11.0 Å². The minimum atomic E-state index is -0.823. The van der Waals surface area contributed by atoms with Crippen LogP contribution in [0.25, 0.3) is 0 Å². The van der Waals surface area contributed by atoms with E-state index < -0.39 is 24.0 Å². The van der Waals surface area contributed by atoms with E-state index in [0.29, 0.717) is 17.3 Å². The van der Waals surface area contributed by atoms with Gasteiger partial charge in [-0.1, -0.05) is 19.3 Å². The first kappa shape index (κ1) is 19.3. The van der Waals surface area contributed by atoms with Crippen molar-refractivity contribution in [3.63, 3.8) is 0 Å². The number of likely N-dealkylation sites (N-methyl/N-ethyl adjacent to an activating group) is 1. The molecule has 1 aromatic carbocycles. The Labute approximate surface area is 155 Å². The van der Waals surface area contributed by atoms with Crippen LogP contribution >= 0.6 is 15.9 Å². The highest BCUT2D eigenvalue weighted by molar-refractivity contribution is 9.10. The van der Waals surface area contributed by atoms with Gasteiger partial charge in [-0.05, 0) is 53.4 Å². The summed E-state index contributed by atoms with van der Waals surface area (Å²) < 4.78 is 5.44. The van der Waals surface area contributed by atoms with Crippen LogP contribution in [0.5, 0.6) is 5.75 Å². The molecule has 134 valence electrons. The number of hydrogen-bond acceptors (Lipinski definition) is 5. The second-order valence-corrected chi connectivity index (χ2v) is 7.23. The number of rotatable bonds is 4. The number of esters is 1. The predicted molar refractivity (Wildman–Crippen MR) is 95.0 cm³/mol. The third kappa shape index (κ3) is 4.13. The second kappa shape index (κ2) is 7.87. The number of benzene rings is 1. The Hall–Kier alpha value is -2.07. The molecule has 0 unspecified atom stereocenters. The maximum atomic E-state index is 12.4. The van der Waals surface area contributed by atoms with E-state index in [9.17, 15) is 20.0 Å². The van der Waals surface area contributed by atoms with Crippen LogP contribution in [-0.4, -0.2) is 41.1 Å². The summed E-state index contributed by atoms with van der Waals surface area (Å²) in [6.07, 6.45) is 4.12. The van der Waals surface area contributed by atoms with Crippen LogP contribution in [0.3, 0.4) is 0 Å². The van der Waals surface area contributed by atoms with Crippen molar-refractivity contribution >= 4 is 27.8 Å². The molecule has 0 saturated heterocycles. The van der Waals surface area contributed by atoms with Crippen molar-refractivity contribution in [3.05, 3.63) is 27.7 Å². The van der Waals surface area contributed by atoms with E-state index in [-0.39, 0.29) is 11.3 Å². The van der Waals surface area contributed by atoms with Crippen molar-refractivity contribution in [3.8, 4) is 11.8 Å². The highest BCUT2D eigenvalue weighted by Gasteiger charge is 2.39. The van der Waals surface area contributed by atoms with Gasteiger partial charge in [0.25, 0.3) is 5.91 Å². The Morgan fingerprint density at radius 3 is 2.60 bits per heavy atom. The summed E-state index contributed by atoms with van der Waals surface area (Å²) >= 11 is 3.17. The number of aromatic hydroxyl groups is 1. The van der Waals surface area contributed by atoms with Crippen LogP contribution in [0.2, 0.25) is 0 Å². The number of hydrogen-bond donors (Lipinski definition) is 1. The zero-order valence-corrected chi connectivity index (χ0v) is 15.9. The zero-order valence-electron chi connectivity index (χ0n) is 14.3. The molecule has 0 bridgehead atoms. The smallest absolute Gasteiger partial charge is 0.342 e. The van der Waals surface area contributed by atoms with Gasteiger partial charge in [0.1, 0.15) is 16.9 Å². The fourth-order valence-electron chi connectivity index (χ4n) is 3.09. The summed E-state index contributed by atoms with van der Waals surface area (Å²) in [6, 6.07) is 5.43. The molecule has 1 fully saturated rings. The maximum Gasteiger partial charge on any atom is 0.342 e. The molecule has 7 heteroatoms. The summed E-state index contributed by atoms with van der Waals surface area (Å²) in [6.45, 7) is 1.31. The first-order valence-corrected chi connectivity index (χ1v) is 8.94. The van der Waals surface area contributed by atoms with Gasteiger partial charge < -0.3 is 14.7 Å². The van der Waals surface area contributed by atoms with E-state index in [4.69, 9.17) is 4.74 Å². The van der Waals surface area contributed by atoms with Gasteiger partial charge in [0.15, 0.2) is 6.61 Å². The molecule has 0 heterocycles. The number of carbonyl (C=O) groups is 2. The molecular weight excluding hydrogens is 388 g/mol. The normalized spacial score (nSPS) is 15.9. The molecule has 0 atom stereocenters. The van der Waals surface area contributed by atoms with Crippen molar-refractivity contribution in [2.75, 3.05) is 13.7 Å². The average molecular weight is 409 g/mol. The molecule has 1 aromatic rings. The lowest BCUT2D eigenvalue weighted by Gasteiger charge is -2.38. The Bertz CT molecular complexity index is 721. The summed E-state index contributed by atoms with van der Waals surface area (Å²) in [5.74, 6) is -1.43. The van der Waals surface area contributed by atoms with Crippen LogP contribution < -0.4 is 0 Å². The van der Waals surface area contributed by atoms with Gasteiger partial charge in [-0.3, -0.25) is 4.79 Å². The van der Waals surface area contributed by atoms with Gasteiger partial charge in [0.2, 0.25) is 0 Å². The number of ether oxygens (including phenoxy) is 1. The first-order chi connectivity index (χ1) is 11.8. The van der Waals surface area contributed by atoms with E-state index in [1.807, 2.05) is 0 Å². The maximum absolute atomic E-state index is 12.4. The number of amides is 1. The highest BCUT2D eigenvalue weighted by Crippen LogP contribution is 2.33. The molecular formula is C18H21BrN2O4. The van der Waals surface area contributed by atoms with Gasteiger partial charge in [-0.2, -0.15) is 5.26 Å². The van der Waals surface area contributed by atoms with E-state index in [0.717, 1.165) is 24.8 Å². The van der Waals surface area contributed by atoms with E-state index in [1.54, 1.807) is 20.0 Å². The minimum absolute atomic E-state index is 0.00464. The second-order valence-electron chi connectivity index (χ2n) is 6.38. The number of aryl methyl sites for hydroxylation is 1. The molecule has 1 aliphatic rings. The van der Waals surface area contributed by atoms with Crippen molar-refractivity contribution in [2.24, 2.45) is 0 Å². The third-order valence-corrected chi connectivity index (χ3v) is 5.26. The van der Waals surface area contributed by atoms with Gasteiger partial charge in [-0.25, -0.2) is 4.79 Å². The van der Waals surface area contributed by atoms with Gasteiger partial charge >= 0.3 is 5.97 Å². The lowest BCUT2D eigenvalue weighted by molar-refractivity contribution is -0.138. The molecule has 0 spiro atoms. The summed E-state index contributed by atoms with van der Waals surface area (Å²) in [4.78, 5) is 26.0. The molecule has 1 saturated carbocycles. The number of halogens is 1. The van der Waals surface area contributed by atoms with Crippen LogP contribution in [0.4, 0.5) is 0 Å². The molecule has 0 radical (unpaired) electrons. The van der Waals surface area contributed by atoms with Crippen molar-refractivity contribution in [1.82, 2.24) is 4.90 Å².